The molecule has 0 fully saturated rings. The lowest BCUT2D eigenvalue weighted by atomic mass is 10.0. The van der Waals surface area contributed by atoms with E-state index in [0.717, 1.165) is 16.4 Å². The number of rotatable bonds is 3. The van der Waals surface area contributed by atoms with Gasteiger partial charge in [0.25, 0.3) is 0 Å². The van der Waals surface area contributed by atoms with Gasteiger partial charge in [0.2, 0.25) is 0 Å². The van der Waals surface area contributed by atoms with Crippen LogP contribution in [0, 0.1) is 13.8 Å². The fourth-order valence-electron chi connectivity index (χ4n) is 2.28. The van der Waals surface area contributed by atoms with E-state index in [1.165, 1.54) is 22.5 Å². The first-order chi connectivity index (χ1) is 10.5. The van der Waals surface area contributed by atoms with Crippen molar-refractivity contribution in [3.05, 3.63) is 63.0 Å². The van der Waals surface area contributed by atoms with Gasteiger partial charge in [-0.15, -0.1) is 11.3 Å². The van der Waals surface area contributed by atoms with Crippen LogP contribution in [0.3, 0.4) is 0 Å². The molecule has 0 spiro atoms. The van der Waals surface area contributed by atoms with Crippen molar-refractivity contribution in [3.63, 3.8) is 0 Å². The number of anilines is 2. The molecule has 0 aliphatic heterocycles. The summed E-state index contributed by atoms with van der Waals surface area (Å²) in [7, 11) is 0. The van der Waals surface area contributed by atoms with Gasteiger partial charge < -0.3 is 5.32 Å². The van der Waals surface area contributed by atoms with Gasteiger partial charge in [0.15, 0.2) is 5.13 Å². The molecule has 0 amide bonds. The molecule has 0 bridgehead atoms. The van der Waals surface area contributed by atoms with Crippen LogP contribution in [-0.4, -0.2) is 4.98 Å². The van der Waals surface area contributed by atoms with Gasteiger partial charge >= 0.3 is 0 Å². The van der Waals surface area contributed by atoms with Crippen LogP contribution in [0.25, 0.3) is 11.3 Å². The average Bonchev–Trinajstić information content (AvgIpc) is 2.91. The summed E-state index contributed by atoms with van der Waals surface area (Å²) in [6, 6.07) is 11.8. The lowest BCUT2D eigenvalue weighted by Gasteiger charge is -2.07. The fourth-order valence-corrected chi connectivity index (χ4v) is 3.49. The number of hydrogen-bond donors (Lipinski definition) is 1. The van der Waals surface area contributed by atoms with E-state index in [4.69, 9.17) is 23.2 Å². The first-order valence-corrected chi connectivity index (χ1v) is 8.42. The van der Waals surface area contributed by atoms with Crippen molar-refractivity contribution in [1.29, 1.82) is 0 Å². The Morgan fingerprint density at radius 2 is 1.77 bits per heavy atom. The first-order valence-electron chi connectivity index (χ1n) is 6.79. The molecule has 5 heteroatoms. The zero-order valence-electron chi connectivity index (χ0n) is 12.2. The van der Waals surface area contributed by atoms with Crippen LogP contribution < -0.4 is 5.32 Å². The Hall–Kier alpha value is -1.55. The zero-order chi connectivity index (χ0) is 15.7. The topological polar surface area (TPSA) is 24.9 Å². The average molecular weight is 349 g/mol. The summed E-state index contributed by atoms with van der Waals surface area (Å²) < 4.78 is 0. The highest BCUT2D eigenvalue weighted by atomic mass is 35.5. The standard InChI is InChI=1S/C17H14Cl2N2S/c1-10-6-7-12(11(2)8-10)15-9-22-17(20-15)21-16-13(18)4-3-5-14(16)19/h3-9H,1-2H3,(H,20,21). The third-order valence-electron chi connectivity index (χ3n) is 3.36. The van der Waals surface area contributed by atoms with Gasteiger partial charge in [-0.3, -0.25) is 0 Å². The van der Waals surface area contributed by atoms with Gasteiger partial charge in [-0.05, 0) is 31.5 Å². The van der Waals surface area contributed by atoms with Gasteiger partial charge in [-0.2, -0.15) is 0 Å². The summed E-state index contributed by atoms with van der Waals surface area (Å²) >= 11 is 13.9. The SMILES string of the molecule is Cc1ccc(-c2csc(Nc3c(Cl)cccc3Cl)n2)c(C)c1. The summed E-state index contributed by atoms with van der Waals surface area (Å²) in [5.74, 6) is 0. The van der Waals surface area contributed by atoms with Gasteiger partial charge in [0, 0.05) is 10.9 Å². The van der Waals surface area contributed by atoms with Crippen molar-refractivity contribution in [1.82, 2.24) is 4.98 Å². The molecule has 0 aliphatic rings. The molecule has 2 aromatic carbocycles. The highest BCUT2D eigenvalue weighted by molar-refractivity contribution is 7.14. The van der Waals surface area contributed by atoms with E-state index in [1.54, 1.807) is 12.1 Å². The largest absolute Gasteiger partial charge is 0.329 e. The lowest BCUT2D eigenvalue weighted by Crippen LogP contribution is -1.92. The van der Waals surface area contributed by atoms with E-state index in [-0.39, 0.29) is 0 Å². The maximum Gasteiger partial charge on any atom is 0.187 e. The molecule has 22 heavy (non-hydrogen) atoms. The fraction of sp³-hybridized carbons (Fsp3) is 0.118. The predicted molar refractivity (Wildman–Crippen MR) is 96.8 cm³/mol. The van der Waals surface area contributed by atoms with Crippen molar-refractivity contribution in [2.75, 3.05) is 5.32 Å². The van der Waals surface area contributed by atoms with Crippen LogP contribution in [0.1, 0.15) is 11.1 Å². The maximum absolute atomic E-state index is 6.18. The smallest absolute Gasteiger partial charge is 0.187 e. The van der Waals surface area contributed by atoms with Crippen molar-refractivity contribution in [2.24, 2.45) is 0 Å². The minimum atomic E-state index is 0.579. The van der Waals surface area contributed by atoms with E-state index < -0.39 is 0 Å². The summed E-state index contributed by atoms with van der Waals surface area (Å²) in [5.41, 5.74) is 5.24. The minimum Gasteiger partial charge on any atom is -0.329 e. The molecule has 0 radical (unpaired) electrons. The molecule has 0 unspecified atom stereocenters. The second-order valence-corrected chi connectivity index (χ2v) is 6.75. The number of hydrogen-bond acceptors (Lipinski definition) is 3. The van der Waals surface area contributed by atoms with Crippen LogP contribution in [0.15, 0.2) is 41.8 Å². The number of aryl methyl sites for hydroxylation is 2. The first kappa shape index (κ1) is 15.3. The summed E-state index contributed by atoms with van der Waals surface area (Å²) in [4.78, 5) is 4.64. The lowest BCUT2D eigenvalue weighted by molar-refractivity contribution is 1.33. The Kier molecular flexibility index (Phi) is 4.39. The monoisotopic (exact) mass is 348 g/mol. The van der Waals surface area contributed by atoms with Crippen LogP contribution in [0.4, 0.5) is 10.8 Å². The summed E-state index contributed by atoms with van der Waals surface area (Å²) in [6.45, 7) is 4.18. The van der Waals surface area contributed by atoms with Gasteiger partial charge in [-0.25, -0.2) is 4.98 Å². The molecule has 112 valence electrons. The summed E-state index contributed by atoms with van der Waals surface area (Å²) in [6.07, 6.45) is 0. The van der Waals surface area contributed by atoms with E-state index in [0.29, 0.717) is 15.7 Å². The van der Waals surface area contributed by atoms with Crippen LogP contribution in [0.5, 0.6) is 0 Å². The molecule has 1 aromatic heterocycles. The number of aromatic nitrogens is 1. The molecule has 0 saturated carbocycles. The van der Waals surface area contributed by atoms with Crippen LogP contribution in [0.2, 0.25) is 10.0 Å². The molecule has 0 aliphatic carbocycles. The third kappa shape index (κ3) is 3.12. The van der Waals surface area contributed by atoms with Gasteiger partial charge in [0.1, 0.15) is 0 Å². The maximum atomic E-state index is 6.18. The van der Waals surface area contributed by atoms with Crippen LogP contribution >= 0.6 is 34.5 Å². The number of nitrogens with one attached hydrogen (secondary N) is 1. The Morgan fingerprint density at radius 1 is 1.05 bits per heavy atom. The van der Waals surface area contributed by atoms with Gasteiger partial charge in [-0.1, -0.05) is 53.0 Å². The molecule has 3 rings (SSSR count). The van der Waals surface area contributed by atoms with Crippen LogP contribution in [-0.2, 0) is 0 Å². The van der Waals surface area contributed by atoms with Crippen molar-refractivity contribution >= 4 is 45.4 Å². The second kappa shape index (κ2) is 6.29. The Bertz CT molecular complexity index is 807. The highest BCUT2D eigenvalue weighted by Gasteiger charge is 2.10. The third-order valence-corrected chi connectivity index (χ3v) is 4.74. The van der Waals surface area contributed by atoms with Crippen molar-refractivity contribution in [3.8, 4) is 11.3 Å². The predicted octanol–water partition coefficient (Wildman–Crippen LogP) is 6.48. The van der Waals surface area contributed by atoms with E-state index in [2.05, 4.69) is 42.3 Å². The molecular weight excluding hydrogens is 335 g/mol. The number of benzene rings is 2. The molecule has 2 nitrogen and oxygen atoms in total. The number of thiazole rings is 1. The molecule has 1 N–H and O–H groups in total. The van der Waals surface area contributed by atoms with Crippen molar-refractivity contribution < 1.29 is 0 Å². The number of nitrogens with zero attached hydrogens (tertiary/aromatic N) is 1. The van der Waals surface area contributed by atoms with E-state index >= 15 is 0 Å². The number of halogens is 2. The molecule has 3 aromatic rings. The Balaban J connectivity index is 1.91. The van der Waals surface area contributed by atoms with E-state index in [9.17, 15) is 0 Å². The second-order valence-electron chi connectivity index (χ2n) is 5.08. The molecule has 1 heterocycles. The van der Waals surface area contributed by atoms with Gasteiger partial charge in [0.05, 0.1) is 21.4 Å². The van der Waals surface area contributed by atoms with Crippen molar-refractivity contribution in [2.45, 2.75) is 13.8 Å². The molecule has 0 atom stereocenters. The normalized spacial score (nSPS) is 10.7. The van der Waals surface area contributed by atoms with E-state index in [1.807, 2.05) is 11.4 Å². The minimum absolute atomic E-state index is 0.579. The Labute approximate surface area is 143 Å². The molecule has 0 saturated heterocycles. The molecular formula is C17H14Cl2N2S. The zero-order valence-corrected chi connectivity index (χ0v) is 14.5. The Morgan fingerprint density at radius 3 is 2.45 bits per heavy atom. The number of para-hydroxylation sites is 1. The quantitative estimate of drug-likeness (QED) is 0.585. The summed E-state index contributed by atoms with van der Waals surface area (Å²) in [5, 5.41) is 7.16. The highest BCUT2D eigenvalue weighted by Crippen LogP contribution is 2.35.